The van der Waals surface area contributed by atoms with E-state index in [-0.39, 0.29) is 6.42 Å². The molecule has 0 saturated carbocycles. The number of carboxylic acid groups (broad SMARTS) is 1. The molecule has 1 saturated heterocycles. The van der Waals surface area contributed by atoms with Crippen LogP contribution in [0.1, 0.15) is 25.1 Å². The van der Waals surface area contributed by atoms with Crippen LogP contribution in [0.3, 0.4) is 0 Å². The Hall–Kier alpha value is -1.50. The van der Waals surface area contributed by atoms with Crippen LogP contribution in [0.25, 0.3) is 0 Å². The molecular weight excluding hydrogens is 222 g/mol. The van der Waals surface area contributed by atoms with Gasteiger partial charge in [0.2, 0.25) is 0 Å². The lowest BCUT2D eigenvalue weighted by molar-refractivity contribution is -0.138. The first-order valence-electron chi connectivity index (χ1n) is 5.80. The molecule has 0 spiro atoms. The maximum atomic E-state index is 10.6. The van der Waals surface area contributed by atoms with E-state index >= 15 is 0 Å². The smallest absolute Gasteiger partial charge is 0.303 e. The summed E-state index contributed by atoms with van der Waals surface area (Å²) >= 11 is 0. The molecule has 7 nitrogen and oxygen atoms in total. The number of hydrogen-bond donors (Lipinski definition) is 1. The molecule has 1 aromatic rings. The molecule has 2 rings (SSSR count). The number of nitrogens with zero attached hydrogens (tertiary/aromatic N) is 5. The highest BCUT2D eigenvalue weighted by Crippen LogP contribution is 2.20. The number of piperidine rings is 1. The van der Waals surface area contributed by atoms with Crippen LogP contribution in [-0.2, 0) is 18.4 Å². The number of aliphatic carboxylic acids is 1. The van der Waals surface area contributed by atoms with Crippen molar-refractivity contribution in [2.75, 3.05) is 13.1 Å². The van der Waals surface area contributed by atoms with Gasteiger partial charge in [-0.15, -0.1) is 10.2 Å². The van der Waals surface area contributed by atoms with Crippen molar-refractivity contribution in [3.05, 3.63) is 5.82 Å². The minimum absolute atomic E-state index is 0.289. The fraction of sp³-hybridized carbons (Fsp3) is 0.800. The van der Waals surface area contributed by atoms with Crippen molar-refractivity contribution >= 4 is 5.97 Å². The standard InChI is InChI=1S/C10H17N5O2/c1-14-12-9(11-13-14)7-15-4-2-8(3-5-15)6-10(16)17/h8H,2-7H2,1H3,(H,16,17). The highest BCUT2D eigenvalue weighted by atomic mass is 16.4. The summed E-state index contributed by atoms with van der Waals surface area (Å²) in [5.41, 5.74) is 0. The SMILES string of the molecule is Cn1nnc(CN2CCC(CC(=O)O)CC2)n1. The van der Waals surface area contributed by atoms with Gasteiger partial charge in [-0.2, -0.15) is 4.80 Å². The van der Waals surface area contributed by atoms with E-state index in [2.05, 4.69) is 20.3 Å². The number of aromatic nitrogens is 4. The predicted molar refractivity (Wildman–Crippen MR) is 59.1 cm³/mol. The summed E-state index contributed by atoms with van der Waals surface area (Å²) in [7, 11) is 1.75. The zero-order valence-corrected chi connectivity index (χ0v) is 9.91. The number of aryl methyl sites for hydroxylation is 1. The quantitative estimate of drug-likeness (QED) is 0.789. The third kappa shape index (κ3) is 3.48. The highest BCUT2D eigenvalue weighted by Gasteiger charge is 2.22. The highest BCUT2D eigenvalue weighted by molar-refractivity contribution is 5.67. The van der Waals surface area contributed by atoms with Gasteiger partial charge in [0, 0.05) is 6.42 Å². The number of hydrogen-bond acceptors (Lipinski definition) is 5. The van der Waals surface area contributed by atoms with Crippen molar-refractivity contribution in [2.24, 2.45) is 13.0 Å². The van der Waals surface area contributed by atoms with Crippen LogP contribution >= 0.6 is 0 Å². The average Bonchev–Trinajstić information content (AvgIpc) is 2.66. The summed E-state index contributed by atoms with van der Waals surface area (Å²) in [6, 6.07) is 0. The van der Waals surface area contributed by atoms with E-state index in [0.717, 1.165) is 31.8 Å². The van der Waals surface area contributed by atoms with Gasteiger partial charge in [0.05, 0.1) is 13.6 Å². The lowest BCUT2D eigenvalue weighted by Gasteiger charge is -2.30. The molecule has 0 aromatic carbocycles. The fourth-order valence-electron chi connectivity index (χ4n) is 2.18. The molecule has 2 heterocycles. The summed E-state index contributed by atoms with van der Waals surface area (Å²) in [5.74, 6) is 0.349. The maximum Gasteiger partial charge on any atom is 0.303 e. The van der Waals surface area contributed by atoms with Crippen molar-refractivity contribution < 1.29 is 9.90 Å². The van der Waals surface area contributed by atoms with Crippen LogP contribution < -0.4 is 0 Å². The van der Waals surface area contributed by atoms with Crippen molar-refractivity contribution in [3.63, 3.8) is 0 Å². The zero-order chi connectivity index (χ0) is 12.3. The molecule has 1 aromatic heterocycles. The number of carbonyl (C=O) groups is 1. The first-order valence-corrected chi connectivity index (χ1v) is 5.80. The predicted octanol–water partition coefficient (Wildman–Crippen LogP) is -0.103. The first-order chi connectivity index (χ1) is 8.13. The van der Waals surface area contributed by atoms with E-state index in [4.69, 9.17) is 5.11 Å². The van der Waals surface area contributed by atoms with Crippen LogP contribution in [0.2, 0.25) is 0 Å². The molecule has 1 aliphatic rings. The Morgan fingerprint density at radius 2 is 2.18 bits per heavy atom. The van der Waals surface area contributed by atoms with E-state index in [1.54, 1.807) is 7.05 Å². The molecule has 1 fully saturated rings. The largest absolute Gasteiger partial charge is 0.481 e. The third-order valence-electron chi connectivity index (χ3n) is 3.09. The molecule has 0 amide bonds. The molecule has 17 heavy (non-hydrogen) atoms. The minimum atomic E-state index is -0.695. The van der Waals surface area contributed by atoms with Gasteiger partial charge in [-0.25, -0.2) is 0 Å². The number of carboxylic acids is 1. The van der Waals surface area contributed by atoms with E-state index < -0.39 is 5.97 Å². The maximum absolute atomic E-state index is 10.6. The molecule has 0 unspecified atom stereocenters. The second-order valence-corrected chi connectivity index (χ2v) is 4.51. The summed E-state index contributed by atoms with van der Waals surface area (Å²) in [6.07, 6.45) is 2.16. The van der Waals surface area contributed by atoms with Crippen LogP contribution in [0.15, 0.2) is 0 Å². The van der Waals surface area contributed by atoms with Crippen LogP contribution in [0, 0.1) is 5.92 Å². The molecule has 7 heteroatoms. The second kappa shape index (κ2) is 5.22. The summed E-state index contributed by atoms with van der Waals surface area (Å²) in [6.45, 7) is 2.53. The normalized spacial score (nSPS) is 18.4. The second-order valence-electron chi connectivity index (χ2n) is 4.51. The molecule has 0 atom stereocenters. The summed E-state index contributed by atoms with van der Waals surface area (Å²) in [4.78, 5) is 14.3. The van der Waals surface area contributed by atoms with Crippen molar-refractivity contribution in [2.45, 2.75) is 25.8 Å². The van der Waals surface area contributed by atoms with Crippen LogP contribution in [0.5, 0.6) is 0 Å². The lowest BCUT2D eigenvalue weighted by atomic mass is 9.94. The van der Waals surface area contributed by atoms with Gasteiger partial charge in [0.1, 0.15) is 0 Å². The molecule has 94 valence electrons. The van der Waals surface area contributed by atoms with Crippen LogP contribution in [-0.4, -0.2) is 49.3 Å². The summed E-state index contributed by atoms with van der Waals surface area (Å²) in [5, 5.41) is 20.6. The molecule has 0 aliphatic carbocycles. The van der Waals surface area contributed by atoms with Crippen molar-refractivity contribution in [1.82, 2.24) is 25.1 Å². The Morgan fingerprint density at radius 1 is 1.47 bits per heavy atom. The minimum Gasteiger partial charge on any atom is -0.481 e. The van der Waals surface area contributed by atoms with Gasteiger partial charge >= 0.3 is 5.97 Å². The lowest BCUT2D eigenvalue weighted by Crippen LogP contribution is -2.34. The van der Waals surface area contributed by atoms with Gasteiger partial charge in [0.25, 0.3) is 0 Å². The Kier molecular flexibility index (Phi) is 3.68. The first kappa shape index (κ1) is 12.0. The number of likely N-dealkylation sites (tertiary alicyclic amines) is 1. The molecule has 0 bridgehead atoms. The van der Waals surface area contributed by atoms with E-state index in [0.29, 0.717) is 12.5 Å². The van der Waals surface area contributed by atoms with Crippen molar-refractivity contribution in [1.29, 1.82) is 0 Å². The van der Waals surface area contributed by atoms with Gasteiger partial charge in [0.15, 0.2) is 5.82 Å². The molecule has 0 radical (unpaired) electrons. The van der Waals surface area contributed by atoms with E-state index in [1.165, 1.54) is 4.80 Å². The van der Waals surface area contributed by atoms with Gasteiger partial charge in [-0.05, 0) is 37.1 Å². The monoisotopic (exact) mass is 239 g/mol. The Bertz CT molecular complexity index is 384. The van der Waals surface area contributed by atoms with Gasteiger partial charge in [-0.1, -0.05) is 0 Å². The zero-order valence-electron chi connectivity index (χ0n) is 9.91. The third-order valence-corrected chi connectivity index (χ3v) is 3.09. The number of rotatable bonds is 4. The van der Waals surface area contributed by atoms with Crippen LogP contribution in [0.4, 0.5) is 0 Å². The molecular formula is C10H17N5O2. The van der Waals surface area contributed by atoms with E-state index in [1.807, 2.05) is 0 Å². The Labute approximate surface area is 99.4 Å². The number of tetrazole rings is 1. The van der Waals surface area contributed by atoms with Crippen molar-refractivity contribution in [3.8, 4) is 0 Å². The summed E-state index contributed by atoms with van der Waals surface area (Å²) < 4.78 is 0. The topological polar surface area (TPSA) is 84.1 Å². The molecule has 1 aliphatic heterocycles. The van der Waals surface area contributed by atoms with Gasteiger partial charge < -0.3 is 5.11 Å². The Morgan fingerprint density at radius 3 is 2.71 bits per heavy atom. The fourth-order valence-corrected chi connectivity index (χ4v) is 2.18. The van der Waals surface area contributed by atoms with Gasteiger partial charge in [-0.3, -0.25) is 9.69 Å². The Balaban J connectivity index is 1.77. The average molecular weight is 239 g/mol. The molecule has 1 N–H and O–H groups in total. The van der Waals surface area contributed by atoms with E-state index in [9.17, 15) is 4.79 Å².